The molecule has 3 aromatic rings. The molecule has 7 nitrogen and oxygen atoms in total. The maximum absolute atomic E-state index is 13.8. The topological polar surface area (TPSA) is 89.3 Å². The van der Waals surface area contributed by atoms with Crippen molar-refractivity contribution >= 4 is 5.82 Å². The lowest BCUT2D eigenvalue weighted by Crippen LogP contribution is -2.60. The number of hydrogen-bond donors (Lipinski definition) is 2. The number of hydrogen-bond acceptors (Lipinski definition) is 6. The summed E-state index contributed by atoms with van der Waals surface area (Å²) in [5, 5.41) is 10.7. The first-order chi connectivity index (χ1) is 17.7. The molecule has 3 N–H and O–H groups in total. The maximum atomic E-state index is 13.8. The zero-order valence-electron chi connectivity index (χ0n) is 20.2. The van der Waals surface area contributed by atoms with Crippen molar-refractivity contribution in [1.82, 2.24) is 15.4 Å². The van der Waals surface area contributed by atoms with Gasteiger partial charge >= 0.3 is 12.4 Å². The summed E-state index contributed by atoms with van der Waals surface area (Å²) in [7, 11) is 0. The second kappa shape index (κ2) is 10.2. The van der Waals surface area contributed by atoms with E-state index in [1.165, 1.54) is 31.2 Å². The molecule has 2 heterocycles. The number of nitrogens with one attached hydrogen (secondary N) is 1. The number of halogens is 7. The molecule has 1 aliphatic heterocycles. The average molecular weight is 547 g/mol. The molecular weight excluding hydrogens is 523 g/mol. The Morgan fingerprint density at radius 3 is 2.24 bits per heavy atom. The zero-order chi connectivity index (χ0) is 27.9. The fraction of sp³-hybridized carbons (Fsp3) is 0.417. The van der Waals surface area contributed by atoms with Crippen molar-refractivity contribution in [2.75, 3.05) is 18.1 Å². The van der Waals surface area contributed by atoms with E-state index >= 15 is 0 Å². The largest absolute Gasteiger partial charge is 0.416 e. The average Bonchev–Trinajstić information content (AvgIpc) is 3.33. The van der Waals surface area contributed by atoms with Crippen LogP contribution >= 0.6 is 0 Å². The molecule has 4 rings (SSSR count). The fourth-order valence-electron chi connectivity index (χ4n) is 4.43. The van der Waals surface area contributed by atoms with Crippen LogP contribution in [0.3, 0.4) is 0 Å². The van der Waals surface area contributed by atoms with Crippen molar-refractivity contribution in [3.63, 3.8) is 0 Å². The first-order valence-corrected chi connectivity index (χ1v) is 11.4. The summed E-state index contributed by atoms with van der Waals surface area (Å²) < 4.78 is 106. The highest BCUT2D eigenvalue weighted by atomic mass is 19.4. The molecule has 1 saturated heterocycles. The molecular formula is C24H24F7N5O2. The smallest absolute Gasteiger partial charge is 0.348 e. The summed E-state index contributed by atoms with van der Waals surface area (Å²) >= 11 is 0. The molecule has 38 heavy (non-hydrogen) atoms. The van der Waals surface area contributed by atoms with Crippen LogP contribution in [0.5, 0.6) is 0 Å². The number of anilines is 1. The summed E-state index contributed by atoms with van der Waals surface area (Å²) in [6.45, 7) is 3.35. The molecule has 14 heteroatoms. The number of ether oxygens (including phenoxy) is 2. The Labute approximate surface area is 212 Å². The fourth-order valence-corrected chi connectivity index (χ4v) is 4.43. The van der Waals surface area contributed by atoms with E-state index in [1.54, 1.807) is 11.8 Å². The first-order valence-electron chi connectivity index (χ1n) is 11.4. The van der Waals surface area contributed by atoms with Crippen LogP contribution in [0.25, 0.3) is 0 Å². The molecule has 0 bridgehead atoms. The van der Waals surface area contributed by atoms with Crippen LogP contribution < -0.4 is 10.6 Å². The van der Waals surface area contributed by atoms with E-state index in [4.69, 9.17) is 15.2 Å². The highest BCUT2D eigenvalue weighted by molar-refractivity contribution is 5.50. The van der Waals surface area contributed by atoms with Gasteiger partial charge in [0, 0.05) is 13.1 Å². The number of H-pyrrole nitrogens is 1. The molecule has 0 saturated carbocycles. The molecule has 0 spiro atoms. The Hall–Kier alpha value is -3.23. The van der Waals surface area contributed by atoms with Crippen LogP contribution in [0.2, 0.25) is 0 Å². The Morgan fingerprint density at radius 1 is 1.08 bits per heavy atom. The van der Waals surface area contributed by atoms with Crippen molar-refractivity contribution in [2.24, 2.45) is 5.73 Å². The molecule has 0 radical (unpaired) electrons. The minimum Gasteiger partial charge on any atom is -0.348 e. The van der Waals surface area contributed by atoms with Gasteiger partial charge in [-0.15, -0.1) is 5.10 Å². The van der Waals surface area contributed by atoms with Gasteiger partial charge in [-0.25, -0.2) is 4.39 Å². The third kappa shape index (κ3) is 5.33. The molecule has 2 aromatic carbocycles. The molecule has 1 aromatic heterocycles. The standard InChI is InChI=1S/C24H24F7N5O2/c1-13(14-9-16(23(26,27)28)11-17(10-14)24(29,30)31)38-21-22(2,15-3-5-18(25)6-4-15)36(7-8-37-21)20-19(12-32)33-35-34-20/h3-6,9-11,13,21H,7-8,12,32H2,1-2H3,(H,33,34,35)/t13-,21-,22+/m1/s1. The van der Waals surface area contributed by atoms with E-state index in [0.717, 1.165) is 0 Å². The number of aromatic nitrogens is 3. The molecule has 0 amide bonds. The highest BCUT2D eigenvalue weighted by Gasteiger charge is 2.48. The molecule has 0 aliphatic carbocycles. The summed E-state index contributed by atoms with van der Waals surface area (Å²) in [6, 6.07) is 6.65. The molecule has 0 unspecified atom stereocenters. The minimum atomic E-state index is -5.01. The van der Waals surface area contributed by atoms with Gasteiger partial charge < -0.3 is 20.1 Å². The van der Waals surface area contributed by atoms with Crippen LogP contribution in [-0.2, 0) is 33.9 Å². The van der Waals surface area contributed by atoms with E-state index in [2.05, 4.69) is 15.4 Å². The normalized spacial score (nSPS) is 21.5. The van der Waals surface area contributed by atoms with Gasteiger partial charge in [0.25, 0.3) is 0 Å². The second-order valence-corrected chi connectivity index (χ2v) is 8.92. The highest BCUT2D eigenvalue weighted by Crippen LogP contribution is 2.43. The molecule has 1 aliphatic rings. The third-order valence-electron chi connectivity index (χ3n) is 6.49. The van der Waals surface area contributed by atoms with Crippen molar-refractivity contribution < 1.29 is 40.2 Å². The van der Waals surface area contributed by atoms with Gasteiger partial charge in [0.05, 0.1) is 23.8 Å². The predicted octanol–water partition coefficient (Wildman–Crippen LogP) is 5.30. The minimum absolute atomic E-state index is 0.0229. The van der Waals surface area contributed by atoms with Crippen LogP contribution in [0.15, 0.2) is 42.5 Å². The Kier molecular flexibility index (Phi) is 7.43. The number of benzene rings is 2. The predicted molar refractivity (Wildman–Crippen MR) is 121 cm³/mol. The van der Waals surface area contributed by atoms with Crippen LogP contribution in [0.1, 0.15) is 47.9 Å². The molecule has 1 fully saturated rings. The molecule has 206 valence electrons. The molecule has 3 atom stereocenters. The maximum Gasteiger partial charge on any atom is 0.416 e. The number of alkyl halides is 6. The van der Waals surface area contributed by atoms with Gasteiger partial charge in [-0.05, 0) is 55.3 Å². The van der Waals surface area contributed by atoms with E-state index in [9.17, 15) is 30.7 Å². The van der Waals surface area contributed by atoms with Crippen LogP contribution in [-0.4, -0.2) is 34.9 Å². The van der Waals surface area contributed by atoms with E-state index in [0.29, 0.717) is 29.2 Å². The lowest BCUT2D eigenvalue weighted by molar-refractivity contribution is -0.217. The van der Waals surface area contributed by atoms with Gasteiger partial charge in [0.1, 0.15) is 17.1 Å². The van der Waals surface area contributed by atoms with E-state index in [-0.39, 0.29) is 31.3 Å². The number of rotatable bonds is 6. The van der Waals surface area contributed by atoms with Gasteiger partial charge in [0.2, 0.25) is 0 Å². The Bertz CT molecular complexity index is 1230. The Balaban J connectivity index is 1.77. The van der Waals surface area contributed by atoms with Crippen LogP contribution in [0, 0.1) is 5.82 Å². The van der Waals surface area contributed by atoms with Gasteiger partial charge in [-0.1, -0.05) is 12.1 Å². The summed E-state index contributed by atoms with van der Waals surface area (Å²) in [5.41, 5.74) is 2.15. The van der Waals surface area contributed by atoms with Crippen molar-refractivity contribution in [2.45, 2.75) is 50.7 Å². The lowest BCUT2D eigenvalue weighted by atomic mass is 9.87. The summed E-state index contributed by atoms with van der Waals surface area (Å²) in [6.07, 6.45) is -12.5. The quantitative estimate of drug-likeness (QED) is 0.408. The van der Waals surface area contributed by atoms with Crippen molar-refractivity contribution in [3.8, 4) is 0 Å². The number of nitrogens with two attached hydrogens (primary N) is 1. The first kappa shape index (κ1) is 27.8. The number of nitrogens with zero attached hydrogens (tertiary/aromatic N) is 3. The second-order valence-electron chi connectivity index (χ2n) is 8.92. The van der Waals surface area contributed by atoms with Crippen molar-refractivity contribution in [3.05, 3.63) is 76.2 Å². The lowest BCUT2D eigenvalue weighted by Gasteiger charge is -2.50. The zero-order valence-corrected chi connectivity index (χ0v) is 20.2. The summed E-state index contributed by atoms with van der Waals surface area (Å²) in [5.74, 6) is -0.165. The third-order valence-corrected chi connectivity index (χ3v) is 6.49. The van der Waals surface area contributed by atoms with Crippen LogP contribution in [0.4, 0.5) is 36.6 Å². The monoisotopic (exact) mass is 547 g/mol. The number of aromatic amines is 1. The van der Waals surface area contributed by atoms with Gasteiger partial charge in [-0.3, -0.25) is 0 Å². The number of morpholine rings is 1. The Morgan fingerprint density at radius 2 is 1.68 bits per heavy atom. The summed E-state index contributed by atoms with van der Waals surface area (Å²) in [4.78, 5) is 1.75. The van der Waals surface area contributed by atoms with Gasteiger partial charge in [0.15, 0.2) is 12.1 Å². The van der Waals surface area contributed by atoms with E-state index in [1.807, 2.05) is 0 Å². The van der Waals surface area contributed by atoms with Crippen molar-refractivity contribution in [1.29, 1.82) is 0 Å². The van der Waals surface area contributed by atoms with E-state index < -0.39 is 47.2 Å². The SMILES string of the molecule is C[C@@H](O[C@H]1OCCN(c2n[nH]nc2CN)[C@@]1(C)c1ccc(F)cc1)c1cc(C(F)(F)F)cc(C(F)(F)F)c1. The van der Waals surface area contributed by atoms with Gasteiger partial charge in [-0.2, -0.15) is 36.7 Å².